The predicted molar refractivity (Wildman–Crippen MR) is 34.8 cm³/mol. The van der Waals surface area contributed by atoms with Gasteiger partial charge in [0.1, 0.15) is 0 Å². The van der Waals surface area contributed by atoms with Crippen LogP contribution in [0.15, 0.2) is 0 Å². The highest BCUT2D eigenvalue weighted by Crippen LogP contribution is 2.33. The summed E-state index contributed by atoms with van der Waals surface area (Å²) in [6.07, 6.45) is 2.63. The van der Waals surface area contributed by atoms with E-state index >= 15 is 0 Å². The first-order valence-electron chi connectivity index (χ1n) is 3.42. The first-order chi connectivity index (χ1) is 4.46. The third kappa shape index (κ3) is 1.15. The molecule has 5 N–H and O–H groups in total. The Labute approximate surface area is 59.3 Å². The highest BCUT2D eigenvalue weighted by atomic mass is 16.7. The van der Waals surface area contributed by atoms with Crippen molar-refractivity contribution in [3.05, 3.63) is 0 Å². The summed E-state index contributed by atoms with van der Waals surface area (Å²) in [7, 11) is 0. The lowest BCUT2D eigenvalue weighted by Crippen LogP contribution is -2.58. The topological polar surface area (TPSA) is 86.7 Å². The average Bonchev–Trinajstić information content (AvgIpc) is 2.13. The van der Waals surface area contributed by atoms with Crippen LogP contribution in [-0.2, 0) is 0 Å². The Bertz CT molecular complexity index is 123. The van der Waals surface area contributed by atoms with Crippen LogP contribution in [0.4, 0.5) is 0 Å². The van der Waals surface area contributed by atoms with Crippen LogP contribution in [-0.4, -0.2) is 26.8 Å². The van der Waals surface area contributed by atoms with E-state index in [0.717, 1.165) is 12.8 Å². The Balaban J connectivity index is 2.67. The minimum Gasteiger partial charge on any atom is -0.342 e. The first kappa shape index (κ1) is 7.94. The van der Waals surface area contributed by atoms with Crippen LogP contribution in [0.5, 0.6) is 0 Å². The summed E-state index contributed by atoms with van der Waals surface area (Å²) in [6, 6.07) is 0. The van der Waals surface area contributed by atoms with Gasteiger partial charge in [-0.2, -0.15) is 0 Å². The lowest BCUT2D eigenvalue weighted by Gasteiger charge is -2.32. The van der Waals surface area contributed by atoms with Crippen LogP contribution in [0, 0.1) is 0 Å². The molecule has 1 aliphatic carbocycles. The van der Waals surface area contributed by atoms with Gasteiger partial charge in [0.05, 0.1) is 5.54 Å². The molecule has 0 aromatic rings. The fraction of sp³-hybridized carbons (Fsp3) is 1.00. The van der Waals surface area contributed by atoms with Crippen LogP contribution in [0.3, 0.4) is 0 Å². The molecule has 0 heterocycles. The smallest absolute Gasteiger partial charge is 0.294 e. The monoisotopic (exact) mass is 147 g/mol. The molecule has 0 aromatic heterocycles. The molecule has 1 saturated carbocycles. The second-order valence-corrected chi connectivity index (χ2v) is 3.00. The quantitative estimate of drug-likeness (QED) is 0.354. The Morgan fingerprint density at radius 3 is 1.70 bits per heavy atom. The van der Waals surface area contributed by atoms with Gasteiger partial charge in [0.2, 0.25) is 0 Å². The molecule has 1 aliphatic rings. The van der Waals surface area contributed by atoms with Crippen molar-refractivity contribution in [3.63, 3.8) is 0 Å². The molecule has 0 saturated heterocycles. The van der Waals surface area contributed by atoms with Crippen molar-refractivity contribution < 1.29 is 15.3 Å². The van der Waals surface area contributed by atoms with Gasteiger partial charge in [0, 0.05) is 0 Å². The first-order valence-corrected chi connectivity index (χ1v) is 3.42. The molecule has 0 radical (unpaired) electrons. The van der Waals surface area contributed by atoms with Crippen molar-refractivity contribution >= 4 is 0 Å². The Morgan fingerprint density at radius 1 is 1.10 bits per heavy atom. The number of rotatable bonds is 1. The molecule has 0 spiro atoms. The molecule has 10 heavy (non-hydrogen) atoms. The Morgan fingerprint density at radius 2 is 1.50 bits per heavy atom. The standard InChI is InChI=1S/C6H13NO3/c7-5(6(8,9)10)3-1-2-4-5/h8-10H,1-4,7H2. The number of hydrogen-bond acceptors (Lipinski definition) is 4. The van der Waals surface area contributed by atoms with Gasteiger partial charge in [-0.15, -0.1) is 0 Å². The maximum Gasteiger partial charge on any atom is 0.294 e. The third-order valence-electron chi connectivity index (χ3n) is 2.16. The predicted octanol–water partition coefficient (Wildman–Crippen LogP) is -1.11. The van der Waals surface area contributed by atoms with E-state index in [9.17, 15) is 0 Å². The largest absolute Gasteiger partial charge is 0.342 e. The normalized spacial score (nSPS) is 25.2. The number of aliphatic hydroxyl groups is 3. The highest BCUT2D eigenvalue weighted by molar-refractivity contribution is 4.94. The van der Waals surface area contributed by atoms with E-state index in [0.29, 0.717) is 12.8 Å². The van der Waals surface area contributed by atoms with Crippen molar-refractivity contribution in [2.45, 2.75) is 37.2 Å². The SMILES string of the molecule is NC1(C(O)(O)O)CCCC1. The Kier molecular flexibility index (Phi) is 1.72. The summed E-state index contributed by atoms with van der Waals surface area (Å²) < 4.78 is 0. The van der Waals surface area contributed by atoms with Crippen molar-refractivity contribution in [1.82, 2.24) is 0 Å². The van der Waals surface area contributed by atoms with E-state index in [4.69, 9.17) is 21.1 Å². The molecule has 0 atom stereocenters. The van der Waals surface area contributed by atoms with Gasteiger partial charge in [-0.05, 0) is 12.8 Å². The zero-order valence-corrected chi connectivity index (χ0v) is 5.75. The molecule has 1 rings (SSSR count). The van der Waals surface area contributed by atoms with Gasteiger partial charge in [-0.1, -0.05) is 12.8 Å². The number of nitrogens with two attached hydrogens (primary N) is 1. The summed E-state index contributed by atoms with van der Waals surface area (Å²) in [5.74, 6) is -2.70. The fourth-order valence-corrected chi connectivity index (χ4v) is 1.34. The van der Waals surface area contributed by atoms with Crippen LogP contribution < -0.4 is 5.73 Å². The number of hydrogen-bond donors (Lipinski definition) is 4. The molecule has 0 aromatic carbocycles. The van der Waals surface area contributed by atoms with Crippen LogP contribution in [0.2, 0.25) is 0 Å². The molecule has 4 nitrogen and oxygen atoms in total. The van der Waals surface area contributed by atoms with E-state index in [1.807, 2.05) is 0 Å². The fourth-order valence-electron chi connectivity index (χ4n) is 1.34. The highest BCUT2D eigenvalue weighted by Gasteiger charge is 2.47. The maximum atomic E-state index is 8.76. The molecular formula is C6H13NO3. The van der Waals surface area contributed by atoms with Crippen molar-refractivity contribution in [1.29, 1.82) is 0 Å². The van der Waals surface area contributed by atoms with Crippen molar-refractivity contribution in [2.75, 3.05) is 0 Å². The van der Waals surface area contributed by atoms with Crippen LogP contribution >= 0.6 is 0 Å². The van der Waals surface area contributed by atoms with Crippen LogP contribution in [0.25, 0.3) is 0 Å². The van der Waals surface area contributed by atoms with Gasteiger partial charge >= 0.3 is 0 Å². The summed E-state index contributed by atoms with van der Waals surface area (Å²) in [5, 5.41) is 26.3. The molecule has 0 aliphatic heterocycles. The van der Waals surface area contributed by atoms with E-state index < -0.39 is 11.5 Å². The summed E-state index contributed by atoms with van der Waals surface area (Å²) in [5.41, 5.74) is 4.28. The molecule has 4 heteroatoms. The van der Waals surface area contributed by atoms with Gasteiger partial charge < -0.3 is 21.1 Å². The van der Waals surface area contributed by atoms with Crippen molar-refractivity contribution in [3.8, 4) is 0 Å². The van der Waals surface area contributed by atoms with Crippen molar-refractivity contribution in [2.24, 2.45) is 5.73 Å². The van der Waals surface area contributed by atoms with E-state index in [-0.39, 0.29) is 0 Å². The van der Waals surface area contributed by atoms with E-state index in [2.05, 4.69) is 0 Å². The Hall–Kier alpha value is -0.160. The maximum absolute atomic E-state index is 8.76. The zero-order chi connectivity index (χ0) is 7.83. The zero-order valence-electron chi connectivity index (χ0n) is 5.75. The third-order valence-corrected chi connectivity index (χ3v) is 2.16. The summed E-state index contributed by atoms with van der Waals surface area (Å²) in [6.45, 7) is 0. The minimum atomic E-state index is -2.70. The minimum absolute atomic E-state index is 0.469. The van der Waals surface area contributed by atoms with Gasteiger partial charge in [0.25, 0.3) is 5.97 Å². The van der Waals surface area contributed by atoms with Gasteiger partial charge in [0.15, 0.2) is 0 Å². The molecule has 60 valence electrons. The molecule has 0 amide bonds. The molecule has 1 fully saturated rings. The second-order valence-electron chi connectivity index (χ2n) is 3.00. The van der Waals surface area contributed by atoms with E-state index in [1.165, 1.54) is 0 Å². The molecular weight excluding hydrogens is 134 g/mol. The van der Waals surface area contributed by atoms with Gasteiger partial charge in [-0.3, -0.25) is 0 Å². The molecule has 0 unspecified atom stereocenters. The summed E-state index contributed by atoms with van der Waals surface area (Å²) >= 11 is 0. The molecule has 0 bridgehead atoms. The van der Waals surface area contributed by atoms with Crippen LogP contribution in [0.1, 0.15) is 25.7 Å². The lowest BCUT2D eigenvalue weighted by molar-refractivity contribution is -0.347. The second kappa shape index (κ2) is 2.17. The van der Waals surface area contributed by atoms with E-state index in [1.54, 1.807) is 0 Å². The average molecular weight is 147 g/mol. The lowest BCUT2D eigenvalue weighted by atomic mass is 9.96. The van der Waals surface area contributed by atoms with Gasteiger partial charge in [-0.25, -0.2) is 0 Å². The summed E-state index contributed by atoms with van der Waals surface area (Å²) in [4.78, 5) is 0.